The molecular weight excluding hydrogens is 265 g/mol. The number of carboxylic acids is 1. The van der Waals surface area contributed by atoms with Crippen molar-refractivity contribution < 1.29 is 23.8 Å². The van der Waals surface area contributed by atoms with Gasteiger partial charge in [0.05, 0.1) is 12.3 Å². The zero-order chi connectivity index (χ0) is 14.3. The lowest BCUT2D eigenvalue weighted by Gasteiger charge is -2.22. The van der Waals surface area contributed by atoms with E-state index in [9.17, 15) is 14.0 Å². The lowest BCUT2D eigenvalue weighted by atomic mass is 10.0. The minimum absolute atomic E-state index is 0.156. The molecule has 2 aliphatic rings. The number of nitrogens with zero attached hydrogens (tertiary/aromatic N) is 1. The van der Waals surface area contributed by atoms with E-state index in [-0.39, 0.29) is 18.7 Å². The number of benzene rings is 1. The van der Waals surface area contributed by atoms with E-state index in [2.05, 4.69) is 0 Å². The Morgan fingerprint density at radius 3 is 2.95 bits per heavy atom. The molecule has 6 heteroatoms. The van der Waals surface area contributed by atoms with Crippen LogP contribution in [0.4, 0.5) is 10.1 Å². The van der Waals surface area contributed by atoms with Crippen LogP contribution in [-0.2, 0) is 16.0 Å². The number of rotatable bonds is 2. The second kappa shape index (κ2) is 4.77. The molecule has 0 saturated carbocycles. The van der Waals surface area contributed by atoms with Crippen molar-refractivity contribution in [3.63, 3.8) is 0 Å². The van der Waals surface area contributed by atoms with Crippen LogP contribution in [0.25, 0.3) is 0 Å². The highest BCUT2D eigenvalue weighted by Gasteiger charge is 2.38. The summed E-state index contributed by atoms with van der Waals surface area (Å²) in [7, 11) is 0. The van der Waals surface area contributed by atoms with E-state index in [0.29, 0.717) is 12.4 Å². The highest BCUT2D eigenvalue weighted by molar-refractivity contribution is 6.07. The number of hydrogen-bond donors (Lipinski definition) is 1. The zero-order valence-corrected chi connectivity index (χ0v) is 10.8. The lowest BCUT2D eigenvalue weighted by molar-refractivity contribution is -0.144. The molecule has 106 valence electrons. The predicted molar refractivity (Wildman–Crippen MR) is 68.3 cm³/mol. The second-order valence-corrected chi connectivity index (χ2v) is 5.03. The van der Waals surface area contributed by atoms with Crippen molar-refractivity contribution >= 4 is 17.6 Å². The monoisotopic (exact) mass is 279 g/mol. The van der Waals surface area contributed by atoms with Crippen molar-refractivity contribution in [2.75, 3.05) is 18.1 Å². The van der Waals surface area contributed by atoms with Crippen LogP contribution in [0.2, 0.25) is 0 Å². The standard InChI is InChI=1S/C14H14FNO4/c15-10-7-12-8(2-1-5-20-12)6-11(10)16-4-3-9(13(16)17)14(18)19/h6-7,9H,1-5H2,(H,18,19). The number of carboxylic acid groups (broad SMARTS) is 1. The van der Waals surface area contributed by atoms with E-state index < -0.39 is 23.6 Å². The molecule has 5 nitrogen and oxygen atoms in total. The Labute approximate surface area is 114 Å². The first-order chi connectivity index (χ1) is 9.58. The van der Waals surface area contributed by atoms with Crippen LogP contribution in [-0.4, -0.2) is 30.1 Å². The molecule has 20 heavy (non-hydrogen) atoms. The van der Waals surface area contributed by atoms with Gasteiger partial charge in [-0.1, -0.05) is 0 Å². The molecule has 2 heterocycles. The van der Waals surface area contributed by atoms with Gasteiger partial charge in [-0.15, -0.1) is 0 Å². The van der Waals surface area contributed by atoms with Gasteiger partial charge in [-0.25, -0.2) is 4.39 Å². The maximum absolute atomic E-state index is 14.1. The molecule has 0 aromatic heterocycles. The van der Waals surface area contributed by atoms with Gasteiger partial charge < -0.3 is 14.7 Å². The number of anilines is 1. The molecule has 1 aromatic rings. The number of carbonyl (C=O) groups is 2. The van der Waals surface area contributed by atoms with Gasteiger partial charge in [0.15, 0.2) is 5.82 Å². The number of halogens is 1. The van der Waals surface area contributed by atoms with Crippen molar-refractivity contribution in [1.29, 1.82) is 0 Å². The first-order valence-electron chi connectivity index (χ1n) is 6.57. The minimum Gasteiger partial charge on any atom is -0.493 e. The second-order valence-electron chi connectivity index (χ2n) is 5.03. The fourth-order valence-electron chi connectivity index (χ4n) is 2.72. The predicted octanol–water partition coefficient (Wildman–Crippen LogP) is 1.59. The largest absolute Gasteiger partial charge is 0.493 e. The quantitative estimate of drug-likeness (QED) is 0.835. The zero-order valence-electron chi connectivity index (χ0n) is 10.8. The van der Waals surface area contributed by atoms with E-state index in [1.807, 2.05) is 0 Å². The third kappa shape index (κ3) is 2.01. The molecule has 1 aromatic carbocycles. The van der Waals surface area contributed by atoms with Gasteiger partial charge in [-0.3, -0.25) is 9.59 Å². The number of hydrogen-bond acceptors (Lipinski definition) is 3. The number of amides is 1. The van der Waals surface area contributed by atoms with E-state index in [1.54, 1.807) is 6.07 Å². The molecule has 1 N–H and O–H groups in total. The SMILES string of the molecule is O=C(O)C1CCN(c2cc3c(cc2F)OCCC3)C1=O. The number of fused-ring (bicyclic) bond motifs is 1. The maximum atomic E-state index is 14.1. The summed E-state index contributed by atoms with van der Waals surface area (Å²) in [6.45, 7) is 0.794. The van der Waals surface area contributed by atoms with Gasteiger partial charge in [0.25, 0.3) is 0 Å². The third-order valence-corrected chi connectivity index (χ3v) is 3.77. The van der Waals surface area contributed by atoms with Crippen LogP contribution in [0.3, 0.4) is 0 Å². The van der Waals surface area contributed by atoms with Crippen LogP contribution in [0, 0.1) is 11.7 Å². The highest BCUT2D eigenvalue weighted by atomic mass is 19.1. The van der Waals surface area contributed by atoms with Crippen LogP contribution < -0.4 is 9.64 Å². The Balaban J connectivity index is 1.95. The summed E-state index contributed by atoms with van der Waals surface area (Å²) < 4.78 is 19.5. The van der Waals surface area contributed by atoms with Gasteiger partial charge in [0, 0.05) is 12.6 Å². The maximum Gasteiger partial charge on any atom is 0.316 e. The number of aryl methyl sites for hydroxylation is 1. The third-order valence-electron chi connectivity index (χ3n) is 3.77. The minimum atomic E-state index is -1.15. The molecule has 1 atom stereocenters. The van der Waals surface area contributed by atoms with Crippen LogP contribution in [0.1, 0.15) is 18.4 Å². The Morgan fingerprint density at radius 2 is 2.25 bits per heavy atom. The van der Waals surface area contributed by atoms with Crippen molar-refractivity contribution in [2.24, 2.45) is 5.92 Å². The summed E-state index contributed by atoms with van der Waals surface area (Å²) in [5.74, 6) is -2.81. The fraction of sp³-hybridized carbons (Fsp3) is 0.429. The van der Waals surface area contributed by atoms with Crippen molar-refractivity contribution in [2.45, 2.75) is 19.3 Å². The molecule has 1 saturated heterocycles. The molecule has 1 unspecified atom stereocenters. The molecular formula is C14H14FNO4. The molecule has 0 bridgehead atoms. The highest BCUT2D eigenvalue weighted by Crippen LogP contribution is 2.34. The Morgan fingerprint density at radius 1 is 1.45 bits per heavy atom. The topological polar surface area (TPSA) is 66.8 Å². The number of carbonyl (C=O) groups excluding carboxylic acids is 1. The van der Waals surface area contributed by atoms with Gasteiger partial charge in [0.2, 0.25) is 5.91 Å². The van der Waals surface area contributed by atoms with Crippen molar-refractivity contribution in [1.82, 2.24) is 0 Å². The first-order valence-corrected chi connectivity index (χ1v) is 6.57. The molecule has 1 fully saturated rings. The molecule has 0 aliphatic carbocycles. The van der Waals surface area contributed by atoms with E-state index in [4.69, 9.17) is 9.84 Å². The molecule has 0 spiro atoms. The van der Waals surface area contributed by atoms with Crippen LogP contribution in [0.5, 0.6) is 5.75 Å². The van der Waals surface area contributed by atoms with Crippen molar-refractivity contribution in [3.05, 3.63) is 23.5 Å². The normalized spacial score (nSPS) is 21.6. The summed E-state index contributed by atoms with van der Waals surface area (Å²) in [4.78, 5) is 24.2. The molecule has 3 rings (SSSR count). The average Bonchev–Trinajstić information content (AvgIpc) is 2.80. The molecule has 2 aliphatic heterocycles. The van der Waals surface area contributed by atoms with E-state index >= 15 is 0 Å². The first kappa shape index (κ1) is 12.9. The Bertz CT molecular complexity index is 587. The van der Waals surface area contributed by atoms with Crippen LogP contribution in [0.15, 0.2) is 12.1 Å². The smallest absolute Gasteiger partial charge is 0.316 e. The van der Waals surface area contributed by atoms with Gasteiger partial charge in [0.1, 0.15) is 11.7 Å². The number of aliphatic carboxylic acids is 1. The van der Waals surface area contributed by atoms with Gasteiger partial charge in [-0.2, -0.15) is 0 Å². The van der Waals surface area contributed by atoms with Crippen molar-refractivity contribution in [3.8, 4) is 5.75 Å². The molecule has 0 radical (unpaired) electrons. The summed E-state index contributed by atoms with van der Waals surface area (Å²) >= 11 is 0. The van der Waals surface area contributed by atoms with Gasteiger partial charge in [-0.05, 0) is 30.9 Å². The van der Waals surface area contributed by atoms with E-state index in [1.165, 1.54) is 11.0 Å². The lowest BCUT2D eigenvalue weighted by Crippen LogP contribution is -2.31. The Kier molecular flexibility index (Phi) is 3.08. The number of ether oxygens (including phenoxy) is 1. The van der Waals surface area contributed by atoms with Gasteiger partial charge >= 0.3 is 5.97 Å². The summed E-state index contributed by atoms with van der Waals surface area (Å²) in [6, 6.07) is 2.89. The summed E-state index contributed by atoms with van der Waals surface area (Å²) in [6.07, 6.45) is 1.83. The molecule has 1 amide bonds. The summed E-state index contributed by atoms with van der Waals surface area (Å²) in [5, 5.41) is 8.95. The van der Waals surface area contributed by atoms with Crippen LogP contribution >= 0.6 is 0 Å². The Hall–Kier alpha value is -2.11. The van der Waals surface area contributed by atoms with E-state index in [0.717, 1.165) is 18.4 Å². The summed E-state index contributed by atoms with van der Waals surface area (Å²) in [5.41, 5.74) is 1.02. The average molecular weight is 279 g/mol. The fourth-order valence-corrected chi connectivity index (χ4v) is 2.72.